The van der Waals surface area contributed by atoms with Crippen molar-refractivity contribution in [3.63, 3.8) is 0 Å². The molecular formula is C56H77N3O2S3. The molecule has 346 valence electrons. The van der Waals surface area contributed by atoms with Crippen LogP contribution in [0.25, 0.3) is 32.1 Å². The Morgan fingerprint density at radius 3 is 1.59 bits per heavy atom. The average Bonchev–Trinajstić information content (AvgIpc) is 4.10. The fourth-order valence-electron chi connectivity index (χ4n) is 8.17. The van der Waals surface area contributed by atoms with Crippen LogP contribution in [0.4, 0.5) is 0 Å². The number of aryl methyl sites for hydroxylation is 4. The van der Waals surface area contributed by atoms with Gasteiger partial charge in [0.1, 0.15) is 21.0 Å². The molecule has 2 aromatic carbocycles. The number of ether oxygens (including phenoxy) is 2. The van der Waals surface area contributed by atoms with Crippen LogP contribution in [0, 0.1) is 34.6 Å². The molecule has 6 heterocycles. The smallest absolute Gasteiger partial charge is 0.124 e. The summed E-state index contributed by atoms with van der Waals surface area (Å²) < 4.78 is 13.9. The topological polar surface area (TPSA) is 62.4 Å². The van der Waals surface area contributed by atoms with Gasteiger partial charge in [0.15, 0.2) is 0 Å². The SMILES string of the molecule is C.C.CCCCC(CCCC)Oc1cc(C)c(/C(=C2\C=c3ccsc3=N2)c2cc3ccsc3[nH]2)c(C)c1.CCCCC(CCCC)Oc1cc(C)c(C)c(C)c1.c1cc2ccsc2[nH]1. The van der Waals surface area contributed by atoms with Crippen molar-refractivity contribution < 1.29 is 9.47 Å². The largest absolute Gasteiger partial charge is 0.490 e. The standard InChI is InChI=1S/C30H34N2OS2.C18H30O.C6H5NS.2CH4/c1-5-7-9-23(10-8-6-2)33-24-15-19(3)27(20(4)16-24)28(25-17-21-11-13-34-29(21)31-25)26-18-22-12-14-35-30(22)32-26;1-6-8-10-17(11-9-7-2)19-18-12-14(3)16(5)15(4)13-18;1-3-7-6-5(1)2-4-8-6;;/h11-18,23,31H,5-10H2,1-4H3;12-13,17H,6-11H2,1-5H3;1-4,7H;2*1H4/b28-26+;;;;. The van der Waals surface area contributed by atoms with Gasteiger partial charge in [0.2, 0.25) is 0 Å². The second-order valence-corrected chi connectivity index (χ2v) is 19.7. The zero-order chi connectivity index (χ0) is 44.0. The summed E-state index contributed by atoms with van der Waals surface area (Å²) in [4.78, 5) is 14.3. The van der Waals surface area contributed by atoms with Gasteiger partial charge in [-0.2, -0.15) is 0 Å². The van der Waals surface area contributed by atoms with Crippen molar-refractivity contribution >= 4 is 66.1 Å². The van der Waals surface area contributed by atoms with Crippen molar-refractivity contribution in [2.45, 2.75) is 166 Å². The maximum Gasteiger partial charge on any atom is 0.124 e. The number of hydrogen-bond acceptors (Lipinski definition) is 6. The van der Waals surface area contributed by atoms with Gasteiger partial charge >= 0.3 is 0 Å². The van der Waals surface area contributed by atoms with Gasteiger partial charge in [-0.1, -0.05) is 93.9 Å². The number of fused-ring (bicyclic) bond motifs is 3. The lowest BCUT2D eigenvalue weighted by molar-refractivity contribution is 0.174. The first kappa shape index (κ1) is 52.3. The maximum absolute atomic E-state index is 6.57. The minimum Gasteiger partial charge on any atom is -0.490 e. The van der Waals surface area contributed by atoms with Crippen LogP contribution in [0.5, 0.6) is 11.5 Å². The Kier molecular flexibility index (Phi) is 21.2. The van der Waals surface area contributed by atoms with E-state index >= 15 is 0 Å². The highest BCUT2D eigenvalue weighted by Crippen LogP contribution is 2.38. The number of allylic oxidation sites excluding steroid dienone is 1. The molecule has 5 aromatic heterocycles. The van der Waals surface area contributed by atoms with Crippen LogP contribution in [0.1, 0.15) is 159 Å². The number of rotatable bonds is 18. The highest BCUT2D eigenvalue weighted by atomic mass is 32.1. The quantitative estimate of drug-likeness (QED) is 0.0901. The van der Waals surface area contributed by atoms with Gasteiger partial charge in [-0.05, 0) is 170 Å². The molecular weight excluding hydrogens is 843 g/mol. The number of aromatic amines is 2. The van der Waals surface area contributed by atoms with Crippen molar-refractivity contribution in [1.29, 1.82) is 0 Å². The first-order valence-electron chi connectivity index (χ1n) is 23.1. The monoisotopic (exact) mass is 920 g/mol. The Bertz CT molecular complexity index is 2460. The van der Waals surface area contributed by atoms with E-state index in [-0.39, 0.29) is 14.9 Å². The number of thiophene rings is 3. The number of unbranched alkanes of at least 4 members (excludes halogenated alkanes) is 4. The first-order chi connectivity index (χ1) is 30.1. The number of H-pyrrole nitrogens is 2. The molecule has 8 rings (SSSR count). The van der Waals surface area contributed by atoms with Gasteiger partial charge in [-0.3, -0.25) is 0 Å². The number of hydrogen-bond donors (Lipinski definition) is 2. The second-order valence-electron chi connectivity index (χ2n) is 16.9. The van der Waals surface area contributed by atoms with Crippen molar-refractivity contribution in [2.24, 2.45) is 4.99 Å². The van der Waals surface area contributed by atoms with E-state index in [1.165, 1.54) is 129 Å². The van der Waals surface area contributed by atoms with Crippen LogP contribution in [0.15, 0.2) is 87.6 Å². The predicted molar refractivity (Wildman–Crippen MR) is 285 cm³/mol. The molecule has 0 atom stereocenters. The second kappa shape index (κ2) is 25.9. The Balaban J connectivity index is 0.000000258. The Labute approximate surface area is 397 Å². The third-order valence-corrected chi connectivity index (χ3v) is 14.4. The number of aromatic nitrogens is 2. The van der Waals surface area contributed by atoms with Crippen molar-refractivity contribution in [3.05, 3.63) is 132 Å². The van der Waals surface area contributed by atoms with Crippen LogP contribution in [0.3, 0.4) is 0 Å². The van der Waals surface area contributed by atoms with Gasteiger partial charge in [-0.15, -0.1) is 34.0 Å². The molecule has 0 bridgehead atoms. The van der Waals surface area contributed by atoms with Gasteiger partial charge in [0.05, 0.1) is 22.7 Å². The highest BCUT2D eigenvalue weighted by Gasteiger charge is 2.21. The summed E-state index contributed by atoms with van der Waals surface area (Å²) in [6.45, 7) is 19.9. The average molecular weight is 920 g/mol. The predicted octanol–water partition coefficient (Wildman–Crippen LogP) is 17.2. The van der Waals surface area contributed by atoms with E-state index in [9.17, 15) is 0 Å². The number of benzene rings is 2. The molecule has 8 heteroatoms. The Morgan fingerprint density at radius 1 is 0.594 bits per heavy atom. The summed E-state index contributed by atoms with van der Waals surface area (Å²) >= 11 is 5.18. The highest BCUT2D eigenvalue weighted by molar-refractivity contribution is 7.17. The van der Waals surface area contributed by atoms with Crippen LogP contribution in [-0.2, 0) is 0 Å². The molecule has 0 saturated carbocycles. The molecule has 0 radical (unpaired) electrons. The lowest BCUT2D eigenvalue weighted by atomic mass is 9.91. The van der Waals surface area contributed by atoms with Gasteiger partial charge < -0.3 is 19.4 Å². The van der Waals surface area contributed by atoms with Crippen molar-refractivity contribution in [3.8, 4) is 11.5 Å². The molecule has 0 saturated heterocycles. The summed E-state index contributed by atoms with van der Waals surface area (Å²) in [6, 6.07) is 19.6. The minimum atomic E-state index is 0. The molecule has 0 fully saturated rings. The number of nitrogens with one attached hydrogen (secondary N) is 2. The third kappa shape index (κ3) is 13.8. The molecule has 0 aliphatic carbocycles. The Morgan fingerprint density at radius 2 is 1.09 bits per heavy atom. The van der Waals surface area contributed by atoms with Gasteiger partial charge in [0.25, 0.3) is 0 Å². The molecule has 5 nitrogen and oxygen atoms in total. The molecule has 64 heavy (non-hydrogen) atoms. The van der Waals surface area contributed by atoms with E-state index in [0.717, 1.165) is 40.4 Å². The summed E-state index contributed by atoms with van der Waals surface area (Å²) in [5.74, 6) is 2.04. The molecule has 2 N–H and O–H groups in total. The summed E-state index contributed by atoms with van der Waals surface area (Å²) in [7, 11) is 0. The molecule has 7 aromatic rings. The summed E-state index contributed by atoms with van der Waals surface area (Å²) in [5.41, 5.74) is 11.1. The molecule has 1 aliphatic rings. The molecule has 0 amide bonds. The van der Waals surface area contributed by atoms with E-state index in [0.29, 0.717) is 12.2 Å². The maximum atomic E-state index is 6.57. The van der Waals surface area contributed by atoms with Crippen molar-refractivity contribution in [1.82, 2.24) is 9.97 Å². The van der Waals surface area contributed by atoms with Crippen molar-refractivity contribution in [2.75, 3.05) is 0 Å². The zero-order valence-corrected chi connectivity index (χ0v) is 41.2. The van der Waals surface area contributed by atoms with E-state index in [4.69, 9.17) is 14.5 Å². The van der Waals surface area contributed by atoms with Crippen LogP contribution in [0.2, 0.25) is 0 Å². The van der Waals surface area contributed by atoms with Gasteiger partial charge in [-0.25, -0.2) is 4.99 Å². The normalized spacial score (nSPS) is 12.4. The van der Waals surface area contributed by atoms with E-state index in [2.05, 4.69) is 149 Å². The summed E-state index contributed by atoms with van der Waals surface area (Å²) in [6.07, 6.45) is 19.4. The van der Waals surface area contributed by atoms with Crippen LogP contribution in [-0.4, -0.2) is 22.2 Å². The minimum absolute atomic E-state index is 0. The Hall–Kier alpha value is -4.37. The first-order valence-corrected chi connectivity index (χ1v) is 25.7. The van der Waals surface area contributed by atoms with Crippen LogP contribution >= 0.6 is 34.0 Å². The van der Waals surface area contributed by atoms with E-state index in [1.54, 1.807) is 34.0 Å². The molecule has 0 unspecified atom stereocenters. The molecule has 0 spiro atoms. The summed E-state index contributed by atoms with van der Waals surface area (Å²) in [5, 5.41) is 10.1. The lowest BCUT2D eigenvalue weighted by Crippen LogP contribution is -2.17. The van der Waals surface area contributed by atoms with Gasteiger partial charge in [0, 0.05) is 33.5 Å². The fourth-order valence-corrected chi connectivity index (χ4v) is 10.5. The lowest BCUT2D eigenvalue weighted by Gasteiger charge is -2.22. The van der Waals surface area contributed by atoms with E-state index < -0.39 is 0 Å². The molecule has 1 aliphatic heterocycles. The third-order valence-electron chi connectivity index (χ3n) is 11.9. The fraction of sp³-hybridized carbons (Fsp3) is 0.446. The van der Waals surface area contributed by atoms with E-state index in [1.807, 2.05) is 6.20 Å². The number of nitrogens with zero attached hydrogens (tertiary/aromatic N) is 1. The zero-order valence-electron chi connectivity index (χ0n) is 38.7. The van der Waals surface area contributed by atoms with Crippen LogP contribution < -0.4 is 19.4 Å².